The Morgan fingerprint density at radius 1 is 1.48 bits per heavy atom. The van der Waals surface area contributed by atoms with E-state index in [-0.39, 0.29) is 6.61 Å². The molecule has 110 valence electrons. The number of methoxy groups -OCH3 is 1. The number of fused-ring (bicyclic) bond motifs is 3. The molecule has 3 aromatic rings. The molecule has 3 aromatic heterocycles. The molecule has 0 bridgehead atoms. The van der Waals surface area contributed by atoms with Crippen molar-refractivity contribution in [3.8, 4) is 0 Å². The van der Waals surface area contributed by atoms with Gasteiger partial charge in [0.05, 0.1) is 18.3 Å². The van der Waals surface area contributed by atoms with Crippen LogP contribution < -0.4 is 5.32 Å². The van der Waals surface area contributed by atoms with E-state index in [1.165, 1.54) is 0 Å². The standard InChI is InChI=1S/C13H15N5O3/c1-20-5-4-15-13(19)21-7-10-17-9-6-16-12-8(2-3-14-12)11(9)18-10/h2-3,6H,4-5,7H2,1H3,(H,14,16)(H,15,19)(H,17,18). The van der Waals surface area contributed by atoms with E-state index in [1.807, 2.05) is 12.3 Å². The summed E-state index contributed by atoms with van der Waals surface area (Å²) in [6.45, 7) is 0.916. The average Bonchev–Trinajstić information content (AvgIpc) is 3.10. The van der Waals surface area contributed by atoms with E-state index in [0.717, 1.165) is 22.1 Å². The van der Waals surface area contributed by atoms with Gasteiger partial charge in [-0.3, -0.25) is 0 Å². The van der Waals surface area contributed by atoms with Crippen molar-refractivity contribution in [3.63, 3.8) is 0 Å². The van der Waals surface area contributed by atoms with E-state index >= 15 is 0 Å². The normalized spacial score (nSPS) is 11.1. The number of nitrogens with one attached hydrogen (secondary N) is 3. The van der Waals surface area contributed by atoms with Crippen molar-refractivity contribution in [2.24, 2.45) is 0 Å². The van der Waals surface area contributed by atoms with Crippen molar-refractivity contribution < 1.29 is 14.3 Å². The van der Waals surface area contributed by atoms with Gasteiger partial charge in [0, 0.05) is 25.2 Å². The van der Waals surface area contributed by atoms with Gasteiger partial charge in [-0.15, -0.1) is 0 Å². The van der Waals surface area contributed by atoms with Crippen LogP contribution in [0.15, 0.2) is 18.5 Å². The van der Waals surface area contributed by atoms with Crippen LogP contribution in [0.1, 0.15) is 5.82 Å². The molecule has 0 fully saturated rings. The predicted octanol–water partition coefficient (Wildman–Crippen LogP) is 1.31. The molecule has 21 heavy (non-hydrogen) atoms. The second-order valence-electron chi connectivity index (χ2n) is 4.44. The molecule has 0 atom stereocenters. The number of carbonyl (C=O) groups excluding carboxylic acids is 1. The zero-order valence-electron chi connectivity index (χ0n) is 11.5. The van der Waals surface area contributed by atoms with Crippen LogP contribution in [0.2, 0.25) is 0 Å². The lowest BCUT2D eigenvalue weighted by Crippen LogP contribution is -2.27. The number of ether oxygens (including phenoxy) is 2. The number of amides is 1. The fourth-order valence-corrected chi connectivity index (χ4v) is 2.03. The van der Waals surface area contributed by atoms with Gasteiger partial charge in [0.15, 0.2) is 6.61 Å². The van der Waals surface area contributed by atoms with Gasteiger partial charge in [-0.25, -0.2) is 14.8 Å². The molecular weight excluding hydrogens is 274 g/mol. The molecular formula is C13H15N5O3. The number of alkyl carbamates (subject to hydrolysis) is 1. The van der Waals surface area contributed by atoms with Crippen molar-refractivity contribution in [1.82, 2.24) is 25.3 Å². The molecule has 0 radical (unpaired) electrons. The minimum Gasteiger partial charge on any atom is -0.441 e. The summed E-state index contributed by atoms with van der Waals surface area (Å²) in [6.07, 6.45) is 3.01. The zero-order chi connectivity index (χ0) is 14.7. The van der Waals surface area contributed by atoms with Gasteiger partial charge in [0.25, 0.3) is 0 Å². The summed E-state index contributed by atoms with van der Waals surface area (Å²) in [5, 5.41) is 3.50. The van der Waals surface area contributed by atoms with Crippen molar-refractivity contribution in [2.75, 3.05) is 20.3 Å². The maximum absolute atomic E-state index is 11.4. The number of H-pyrrole nitrogens is 2. The Kier molecular flexibility index (Phi) is 3.69. The SMILES string of the molecule is COCCNC(=O)OCc1nc2c(cnc3[nH]ccc32)[nH]1. The average molecular weight is 289 g/mol. The number of nitrogens with zero attached hydrogens (tertiary/aromatic N) is 2. The summed E-state index contributed by atoms with van der Waals surface area (Å²) in [6, 6.07) is 1.91. The van der Waals surface area contributed by atoms with Gasteiger partial charge in [-0.05, 0) is 6.07 Å². The van der Waals surface area contributed by atoms with Gasteiger partial charge in [-0.2, -0.15) is 0 Å². The lowest BCUT2D eigenvalue weighted by Gasteiger charge is -2.04. The third-order valence-electron chi connectivity index (χ3n) is 3.00. The monoisotopic (exact) mass is 289 g/mol. The predicted molar refractivity (Wildman–Crippen MR) is 75.8 cm³/mol. The summed E-state index contributed by atoms with van der Waals surface area (Å²) >= 11 is 0. The second-order valence-corrected chi connectivity index (χ2v) is 4.44. The molecule has 3 heterocycles. The highest BCUT2D eigenvalue weighted by molar-refractivity contribution is 6.00. The highest BCUT2D eigenvalue weighted by atomic mass is 16.5. The molecule has 8 nitrogen and oxygen atoms in total. The number of carbonyl (C=O) groups is 1. The van der Waals surface area contributed by atoms with Crippen LogP contribution in [-0.4, -0.2) is 46.3 Å². The summed E-state index contributed by atoms with van der Waals surface area (Å²) in [7, 11) is 1.57. The molecule has 3 N–H and O–H groups in total. The van der Waals surface area contributed by atoms with Crippen molar-refractivity contribution in [3.05, 3.63) is 24.3 Å². The summed E-state index contributed by atoms with van der Waals surface area (Å²) in [5.74, 6) is 0.572. The molecule has 0 aromatic carbocycles. The van der Waals surface area contributed by atoms with Crippen LogP contribution in [0.25, 0.3) is 22.1 Å². The van der Waals surface area contributed by atoms with E-state index in [0.29, 0.717) is 19.0 Å². The molecule has 8 heteroatoms. The Balaban J connectivity index is 1.69. The molecule has 0 saturated heterocycles. The highest BCUT2D eigenvalue weighted by Gasteiger charge is 2.10. The largest absolute Gasteiger partial charge is 0.441 e. The second kappa shape index (κ2) is 5.80. The molecule has 0 aliphatic carbocycles. The number of imidazole rings is 1. The van der Waals surface area contributed by atoms with E-state index < -0.39 is 6.09 Å². The van der Waals surface area contributed by atoms with Gasteiger partial charge >= 0.3 is 6.09 Å². The minimum absolute atomic E-state index is 0.0689. The van der Waals surface area contributed by atoms with E-state index in [9.17, 15) is 4.79 Å². The van der Waals surface area contributed by atoms with Crippen molar-refractivity contribution >= 4 is 28.2 Å². The van der Waals surface area contributed by atoms with E-state index in [2.05, 4.69) is 25.3 Å². The molecule has 3 rings (SSSR count). The Morgan fingerprint density at radius 2 is 2.38 bits per heavy atom. The number of hydrogen-bond donors (Lipinski definition) is 3. The first-order valence-corrected chi connectivity index (χ1v) is 6.48. The fourth-order valence-electron chi connectivity index (χ4n) is 2.03. The Labute approximate surface area is 119 Å². The third-order valence-corrected chi connectivity index (χ3v) is 3.00. The van der Waals surface area contributed by atoms with Crippen LogP contribution in [0.4, 0.5) is 4.79 Å². The summed E-state index contributed by atoms with van der Waals surface area (Å²) in [4.78, 5) is 26.2. The Hall–Kier alpha value is -2.61. The quantitative estimate of drug-likeness (QED) is 0.614. The Bertz CT molecular complexity index is 763. The molecule has 0 unspecified atom stereocenters. The first-order valence-electron chi connectivity index (χ1n) is 6.48. The van der Waals surface area contributed by atoms with Gasteiger partial charge < -0.3 is 24.8 Å². The minimum atomic E-state index is -0.502. The molecule has 0 aliphatic heterocycles. The third kappa shape index (κ3) is 2.79. The lowest BCUT2D eigenvalue weighted by atomic mass is 10.3. The van der Waals surface area contributed by atoms with Crippen LogP contribution in [0, 0.1) is 0 Å². The van der Waals surface area contributed by atoms with Crippen molar-refractivity contribution in [2.45, 2.75) is 6.61 Å². The van der Waals surface area contributed by atoms with Gasteiger partial charge in [-0.1, -0.05) is 0 Å². The maximum Gasteiger partial charge on any atom is 0.407 e. The number of rotatable bonds is 5. The number of hydrogen-bond acceptors (Lipinski definition) is 5. The number of aromatic nitrogens is 4. The van der Waals surface area contributed by atoms with E-state index in [4.69, 9.17) is 9.47 Å². The first-order chi connectivity index (χ1) is 10.3. The number of pyridine rings is 1. The number of aromatic amines is 2. The molecule has 1 amide bonds. The van der Waals surface area contributed by atoms with Crippen LogP contribution in [0.3, 0.4) is 0 Å². The van der Waals surface area contributed by atoms with Crippen LogP contribution >= 0.6 is 0 Å². The smallest absolute Gasteiger partial charge is 0.407 e. The fraction of sp³-hybridized carbons (Fsp3) is 0.308. The molecule has 0 aliphatic rings. The van der Waals surface area contributed by atoms with Gasteiger partial charge in [0.1, 0.15) is 17.0 Å². The maximum atomic E-state index is 11.4. The van der Waals surface area contributed by atoms with Gasteiger partial charge in [0.2, 0.25) is 0 Å². The van der Waals surface area contributed by atoms with Crippen LogP contribution in [0.5, 0.6) is 0 Å². The topological polar surface area (TPSA) is 105 Å². The summed E-state index contributed by atoms with van der Waals surface area (Å²) < 4.78 is 9.90. The first kappa shape index (κ1) is 13.4. The zero-order valence-corrected chi connectivity index (χ0v) is 11.5. The molecule has 0 spiro atoms. The highest BCUT2D eigenvalue weighted by Crippen LogP contribution is 2.20. The summed E-state index contributed by atoms with van der Waals surface area (Å²) in [5.41, 5.74) is 2.39. The lowest BCUT2D eigenvalue weighted by molar-refractivity contribution is 0.131. The molecule has 0 saturated carbocycles. The van der Waals surface area contributed by atoms with E-state index in [1.54, 1.807) is 13.3 Å². The van der Waals surface area contributed by atoms with Crippen molar-refractivity contribution in [1.29, 1.82) is 0 Å². The Morgan fingerprint density at radius 3 is 3.24 bits per heavy atom. The van der Waals surface area contributed by atoms with Crippen LogP contribution in [-0.2, 0) is 16.1 Å².